The molecule has 0 aliphatic rings. The standard InChI is InChI=1S/C20H25FN4O/c1-2-22-20(25-15-17-10-6-7-11-18(17)21)23-13-12-19(26)24-14-16-8-4-3-5-9-16/h3-11H,2,12-15H2,1H3,(H,24,26)(H2,22,23,25). The van der Waals surface area contributed by atoms with Gasteiger partial charge in [0.15, 0.2) is 5.96 Å². The topological polar surface area (TPSA) is 65.5 Å². The normalized spacial score (nSPS) is 11.1. The van der Waals surface area contributed by atoms with Gasteiger partial charge in [-0.25, -0.2) is 9.38 Å². The van der Waals surface area contributed by atoms with Gasteiger partial charge in [0.05, 0.1) is 6.54 Å². The van der Waals surface area contributed by atoms with Gasteiger partial charge < -0.3 is 16.0 Å². The van der Waals surface area contributed by atoms with Crippen LogP contribution in [-0.2, 0) is 17.9 Å². The summed E-state index contributed by atoms with van der Waals surface area (Å²) in [7, 11) is 0. The van der Waals surface area contributed by atoms with Crippen LogP contribution in [0.2, 0.25) is 0 Å². The first-order valence-electron chi connectivity index (χ1n) is 8.75. The molecule has 0 aromatic heterocycles. The largest absolute Gasteiger partial charge is 0.357 e. The average Bonchev–Trinajstić information content (AvgIpc) is 2.66. The lowest BCUT2D eigenvalue weighted by Gasteiger charge is -2.11. The van der Waals surface area contributed by atoms with Crippen molar-refractivity contribution in [1.82, 2.24) is 16.0 Å². The van der Waals surface area contributed by atoms with E-state index in [-0.39, 0.29) is 18.3 Å². The molecule has 0 fully saturated rings. The maximum absolute atomic E-state index is 13.6. The summed E-state index contributed by atoms with van der Waals surface area (Å²) < 4.78 is 13.6. The third-order valence-corrected chi connectivity index (χ3v) is 3.69. The number of hydrogen-bond donors (Lipinski definition) is 3. The van der Waals surface area contributed by atoms with E-state index < -0.39 is 0 Å². The quantitative estimate of drug-likeness (QED) is 0.503. The molecule has 2 aromatic rings. The van der Waals surface area contributed by atoms with Gasteiger partial charge in [-0.3, -0.25) is 4.79 Å². The van der Waals surface area contributed by atoms with Crippen molar-refractivity contribution in [3.63, 3.8) is 0 Å². The van der Waals surface area contributed by atoms with Crippen LogP contribution >= 0.6 is 0 Å². The van der Waals surface area contributed by atoms with Crippen LogP contribution in [0, 0.1) is 5.82 Å². The molecule has 0 heterocycles. The molecule has 0 unspecified atom stereocenters. The molecule has 0 saturated carbocycles. The van der Waals surface area contributed by atoms with Crippen LogP contribution in [0.5, 0.6) is 0 Å². The minimum atomic E-state index is -0.271. The second-order valence-corrected chi connectivity index (χ2v) is 5.73. The molecule has 1 amide bonds. The Kier molecular flexibility index (Phi) is 8.12. The summed E-state index contributed by atoms with van der Waals surface area (Å²) >= 11 is 0. The maximum atomic E-state index is 13.6. The van der Waals surface area contributed by atoms with Gasteiger partial charge in [0.25, 0.3) is 0 Å². The first-order chi connectivity index (χ1) is 12.7. The number of rotatable bonds is 8. The van der Waals surface area contributed by atoms with Crippen molar-refractivity contribution in [2.45, 2.75) is 26.4 Å². The fourth-order valence-electron chi connectivity index (χ4n) is 2.31. The van der Waals surface area contributed by atoms with Crippen LogP contribution < -0.4 is 16.0 Å². The maximum Gasteiger partial charge on any atom is 0.222 e. The molecular formula is C20H25FN4O. The molecule has 2 aromatic carbocycles. The van der Waals surface area contributed by atoms with Crippen molar-refractivity contribution >= 4 is 11.9 Å². The van der Waals surface area contributed by atoms with Gasteiger partial charge in [-0.15, -0.1) is 0 Å². The van der Waals surface area contributed by atoms with Gasteiger partial charge in [0.1, 0.15) is 5.82 Å². The van der Waals surface area contributed by atoms with Gasteiger partial charge >= 0.3 is 0 Å². The molecule has 3 N–H and O–H groups in total. The molecule has 2 rings (SSSR count). The molecule has 0 bridgehead atoms. The van der Waals surface area contributed by atoms with E-state index in [1.165, 1.54) is 6.07 Å². The zero-order chi connectivity index (χ0) is 18.6. The highest BCUT2D eigenvalue weighted by atomic mass is 19.1. The van der Waals surface area contributed by atoms with E-state index >= 15 is 0 Å². The Morgan fingerprint density at radius 3 is 2.46 bits per heavy atom. The lowest BCUT2D eigenvalue weighted by atomic mass is 10.2. The van der Waals surface area contributed by atoms with E-state index in [9.17, 15) is 9.18 Å². The van der Waals surface area contributed by atoms with E-state index in [1.807, 2.05) is 37.3 Å². The van der Waals surface area contributed by atoms with Crippen molar-refractivity contribution in [2.75, 3.05) is 13.1 Å². The summed E-state index contributed by atoms with van der Waals surface area (Å²) in [4.78, 5) is 16.3. The van der Waals surface area contributed by atoms with Gasteiger partial charge in [-0.2, -0.15) is 0 Å². The Hall–Kier alpha value is -2.89. The van der Waals surface area contributed by atoms with Crippen molar-refractivity contribution in [2.24, 2.45) is 4.99 Å². The second-order valence-electron chi connectivity index (χ2n) is 5.73. The Morgan fingerprint density at radius 1 is 1.00 bits per heavy atom. The molecule has 0 radical (unpaired) electrons. The summed E-state index contributed by atoms with van der Waals surface area (Å²) in [6.45, 7) is 3.84. The number of halogens is 1. The number of benzene rings is 2. The Morgan fingerprint density at radius 2 is 1.73 bits per heavy atom. The highest BCUT2D eigenvalue weighted by Gasteiger charge is 2.04. The van der Waals surface area contributed by atoms with E-state index in [4.69, 9.17) is 0 Å². The number of aliphatic imine (C=N–C) groups is 1. The average molecular weight is 356 g/mol. The molecular weight excluding hydrogens is 331 g/mol. The third kappa shape index (κ3) is 6.93. The van der Waals surface area contributed by atoms with Crippen LogP contribution in [0.25, 0.3) is 0 Å². The fraction of sp³-hybridized carbons (Fsp3) is 0.300. The predicted molar refractivity (Wildman–Crippen MR) is 102 cm³/mol. The van der Waals surface area contributed by atoms with Crippen LogP contribution in [0.1, 0.15) is 24.5 Å². The zero-order valence-corrected chi connectivity index (χ0v) is 15.0. The summed E-state index contributed by atoms with van der Waals surface area (Å²) in [5.41, 5.74) is 1.60. The molecule has 0 atom stereocenters. The molecule has 6 heteroatoms. The van der Waals surface area contributed by atoms with Crippen LogP contribution in [0.3, 0.4) is 0 Å². The van der Waals surface area contributed by atoms with Crippen molar-refractivity contribution in [3.8, 4) is 0 Å². The van der Waals surface area contributed by atoms with Gasteiger partial charge in [0.2, 0.25) is 5.91 Å². The number of guanidine groups is 1. The summed E-state index contributed by atoms with van der Waals surface area (Å²) in [6.07, 6.45) is 0.330. The summed E-state index contributed by atoms with van der Waals surface area (Å²) in [5.74, 6) is 0.255. The molecule has 0 spiro atoms. The van der Waals surface area contributed by atoms with E-state index in [2.05, 4.69) is 20.9 Å². The highest BCUT2D eigenvalue weighted by molar-refractivity contribution is 5.81. The number of hydrogen-bond acceptors (Lipinski definition) is 2. The smallest absolute Gasteiger partial charge is 0.222 e. The molecule has 138 valence electrons. The summed E-state index contributed by atoms with van der Waals surface area (Å²) in [5, 5.41) is 9.06. The molecule has 0 aliphatic carbocycles. The van der Waals surface area contributed by atoms with E-state index in [0.29, 0.717) is 37.6 Å². The lowest BCUT2D eigenvalue weighted by Crippen LogP contribution is -2.39. The number of nitrogens with zero attached hydrogens (tertiary/aromatic N) is 1. The Bertz CT molecular complexity index is 719. The van der Waals surface area contributed by atoms with Gasteiger partial charge in [0, 0.05) is 31.6 Å². The van der Waals surface area contributed by atoms with Crippen molar-refractivity contribution in [1.29, 1.82) is 0 Å². The van der Waals surface area contributed by atoms with Gasteiger partial charge in [-0.05, 0) is 18.6 Å². The first-order valence-corrected chi connectivity index (χ1v) is 8.75. The van der Waals surface area contributed by atoms with Gasteiger partial charge in [-0.1, -0.05) is 48.5 Å². The zero-order valence-electron chi connectivity index (χ0n) is 15.0. The van der Waals surface area contributed by atoms with Crippen molar-refractivity contribution in [3.05, 3.63) is 71.5 Å². The van der Waals surface area contributed by atoms with E-state index in [1.54, 1.807) is 18.2 Å². The minimum Gasteiger partial charge on any atom is -0.357 e. The Labute approximate surface area is 153 Å². The Balaban J connectivity index is 1.76. The van der Waals surface area contributed by atoms with Crippen LogP contribution in [0.15, 0.2) is 59.6 Å². The van der Waals surface area contributed by atoms with E-state index in [0.717, 1.165) is 5.56 Å². The van der Waals surface area contributed by atoms with Crippen LogP contribution in [0.4, 0.5) is 4.39 Å². The molecule has 5 nitrogen and oxygen atoms in total. The molecule has 0 saturated heterocycles. The molecule has 0 aliphatic heterocycles. The fourth-order valence-corrected chi connectivity index (χ4v) is 2.31. The predicted octanol–water partition coefficient (Wildman–Crippen LogP) is 2.59. The molecule has 26 heavy (non-hydrogen) atoms. The second kappa shape index (κ2) is 10.9. The van der Waals surface area contributed by atoms with Crippen LogP contribution in [-0.4, -0.2) is 25.0 Å². The first kappa shape index (κ1) is 19.4. The van der Waals surface area contributed by atoms with Crippen molar-refractivity contribution < 1.29 is 9.18 Å². The SMILES string of the molecule is CCNC(=NCc1ccccc1F)NCCC(=O)NCc1ccccc1. The third-order valence-electron chi connectivity index (χ3n) is 3.69. The highest BCUT2D eigenvalue weighted by Crippen LogP contribution is 2.07. The monoisotopic (exact) mass is 356 g/mol. The number of carbonyl (C=O) groups is 1. The summed E-state index contributed by atoms with van der Waals surface area (Å²) in [6, 6.07) is 16.3. The minimum absolute atomic E-state index is 0.0358. The lowest BCUT2D eigenvalue weighted by molar-refractivity contribution is -0.121. The number of carbonyl (C=O) groups excluding carboxylic acids is 1. The number of nitrogens with one attached hydrogen (secondary N) is 3. The number of amides is 1.